The van der Waals surface area contributed by atoms with Crippen LogP contribution in [0.25, 0.3) is 0 Å². The molecule has 1 saturated heterocycles. The van der Waals surface area contributed by atoms with Crippen LogP contribution in [0.1, 0.15) is 35.2 Å². The summed E-state index contributed by atoms with van der Waals surface area (Å²) >= 11 is 3.44. The van der Waals surface area contributed by atoms with Crippen molar-refractivity contribution in [1.29, 1.82) is 0 Å². The summed E-state index contributed by atoms with van der Waals surface area (Å²) in [7, 11) is 0. The Bertz CT molecular complexity index is 428. The fourth-order valence-electron chi connectivity index (χ4n) is 2.25. The van der Waals surface area contributed by atoms with Gasteiger partial charge in [-0.15, -0.1) is 0 Å². The second-order valence-corrected chi connectivity index (χ2v) is 5.66. The number of hydrogen-bond acceptors (Lipinski definition) is 2. The van der Waals surface area contributed by atoms with E-state index in [1.165, 1.54) is 12.8 Å². The lowest BCUT2D eigenvalue weighted by Crippen LogP contribution is -2.30. The third kappa shape index (κ3) is 3.56. The molecule has 18 heavy (non-hydrogen) atoms. The molecule has 98 valence electrons. The first-order valence-electron chi connectivity index (χ1n) is 6.44. The van der Waals surface area contributed by atoms with Crippen LogP contribution in [0, 0.1) is 6.92 Å². The Morgan fingerprint density at radius 1 is 1.56 bits per heavy atom. The van der Waals surface area contributed by atoms with Gasteiger partial charge >= 0.3 is 0 Å². The molecule has 4 heteroatoms. The highest BCUT2D eigenvalue weighted by Crippen LogP contribution is 2.17. The lowest BCUT2D eigenvalue weighted by Gasteiger charge is -2.11. The number of amides is 1. The zero-order chi connectivity index (χ0) is 13.0. The molecule has 0 spiro atoms. The Morgan fingerprint density at radius 2 is 2.39 bits per heavy atom. The van der Waals surface area contributed by atoms with Gasteiger partial charge in [0, 0.05) is 22.6 Å². The van der Waals surface area contributed by atoms with Crippen LogP contribution in [-0.2, 0) is 0 Å². The maximum absolute atomic E-state index is 11.9. The van der Waals surface area contributed by atoms with E-state index < -0.39 is 0 Å². The summed E-state index contributed by atoms with van der Waals surface area (Å²) in [5, 5.41) is 6.41. The van der Waals surface area contributed by atoms with E-state index in [4.69, 9.17) is 0 Å². The second kappa shape index (κ2) is 6.34. The fraction of sp³-hybridized carbons (Fsp3) is 0.500. The molecule has 0 radical (unpaired) electrons. The van der Waals surface area contributed by atoms with Gasteiger partial charge in [-0.05, 0) is 56.5 Å². The van der Waals surface area contributed by atoms with Crippen molar-refractivity contribution >= 4 is 21.8 Å². The van der Waals surface area contributed by atoms with E-state index >= 15 is 0 Å². The minimum absolute atomic E-state index is 0.0172. The summed E-state index contributed by atoms with van der Waals surface area (Å²) < 4.78 is 1.04. The second-order valence-electron chi connectivity index (χ2n) is 4.80. The Kier molecular flexibility index (Phi) is 4.78. The summed E-state index contributed by atoms with van der Waals surface area (Å²) in [6.45, 7) is 3.85. The van der Waals surface area contributed by atoms with Gasteiger partial charge < -0.3 is 10.6 Å². The highest BCUT2D eigenvalue weighted by molar-refractivity contribution is 9.10. The van der Waals surface area contributed by atoms with Crippen LogP contribution in [0.15, 0.2) is 22.7 Å². The number of halogens is 1. The van der Waals surface area contributed by atoms with Crippen LogP contribution in [-0.4, -0.2) is 25.0 Å². The molecule has 1 aromatic rings. The highest BCUT2D eigenvalue weighted by atomic mass is 79.9. The molecule has 0 aromatic heterocycles. The number of rotatable bonds is 4. The van der Waals surface area contributed by atoms with Crippen molar-refractivity contribution in [2.45, 2.75) is 32.2 Å². The lowest BCUT2D eigenvalue weighted by atomic mass is 10.1. The fourth-order valence-corrected chi connectivity index (χ4v) is 2.50. The van der Waals surface area contributed by atoms with Gasteiger partial charge in [-0.1, -0.05) is 15.9 Å². The Balaban J connectivity index is 1.81. The van der Waals surface area contributed by atoms with E-state index in [0.29, 0.717) is 6.04 Å². The van der Waals surface area contributed by atoms with Crippen LogP contribution in [0.2, 0.25) is 0 Å². The van der Waals surface area contributed by atoms with Crippen molar-refractivity contribution in [3.8, 4) is 0 Å². The maximum Gasteiger partial charge on any atom is 0.251 e. The first-order chi connectivity index (χ1) is 8.66. The van der Waals surface area contributed by atoms with Crippen LogP contribution >= 0.6 is 15.9 Å². The Hall–Kier alpha value is -0.870. The maximum atomic E-state index is 11.9. The molecular formula is C14H19BrN2O. The van der Waals surface area contributed by atoms with Crippen molar-refractivity contribution < 1.29 is 4.79 Å². The first-order valence-corrected chi connectivity index (χ1v) is 7.24. The van der Waals surface area contributed by atoms with Crippen LogP contribution < -0.4 is 10.6 Å². The van der Waals surface area contributed by atoms with Crippen LogP contribution in [0.3, 0.4) is 0 Å². The average Bonchev–Trinajstić information content (AvgIpc) is 2.85. The molecule has 2 N–H and O–H groups in total. The summed E-state index contributed by atoms with van der Waals surface area (Å²) in [6.07, 6.45) is 3.50. The molecule has 1 atom stereocenters. The quantitative estimate of drug-likeness (QED) is 0.897. The molecule has 1 aliphatic rings. The van der Waals surface area contributed by atoms with Crippen molar-refractivity contribution in [2.24, 2.45) is 0 Å². The number of aryl methyl sites for hydroxylation is 1. The van der Waals surface area contributed by atoms with Gasteiger partial charge in [-0.25, -0.2) is 0 Å². The molecule has 0 bridgehead atoms. The predicted octanol–water partition coefficient (Wildman–Crippen LogP) is 2.63. The van der Waals surface area contributed by atoms with E-state index in [9.17, 15) is 4.79 Å². The highest BCUT2D eigenvalue weighted by Gasteiger charge is 2.14. The molecule has 2 rings (SSSR count). The third-order valence-electron chi connectivity index (χ3n) is 3.36. The van der Waals surface area contributed by atoms with Gasteiger partial charge in [0.05, 0.1) is 0 Å². The number of carbonyl (C=O) groups excluding carboxylic acids is 1. The third-order valence-corrected chi connectivity index (χ3v) is 4.25. The minimum atomic E-state index is 0.0172. The van der Waals surface area contributed by atoms with Gasteiger partial charge in [0.25, 0.3) is 5.91 Å². The van der Waals surface area contributed by atoms with Gasteiger partial charge in [0.2, 0.25) is 0 Å². The normalized spacial score (nSPS) is 18.9. The van der Waals surface area contributed by atoms with E-state index in [-0.39, 0.29) is 5.91 Å². The first kappa shape index (κ1) is 13.6. The largest absolute Gasteiger partial charge is 0.352 e. The number of benzene rings is 1. The lowest BCUT2D eigenvalue weighted by molar-refractivity contribution is 0.0952. The predicted molar refractivity (Wildman–Crippen MR) is 76.9 cm³/mol. The summed E-state index contributed by atoms with van der Waals surface area (Å²) in [6, 6.07) is 6.26. The van der Waals surface area contributed by atoms with E-state index in [2.05, 4.69) is 26.6 Å². The molecule has 1 fully saturated rings. The zero-order valence-electron chi connectivity index (χ0n) is 10.6. The molecular weight excluding hydrogens is 292 g/mol. The van der Waals surface area contributed by atoms with Crippen molar-refractivity contribution in [1.82, 2.24) is 10.6 Å². The van der Waals surface area contributed by atoms with E-state index in [1.54, 1.807) is 0 Å². The molecule has 0 unspecified atom stereocenters. The van der Waals surface area contributed by atoms with Gasteiger partial charge in [-0.2, -0.15) is 0 Å². The Labute approximate surface area is 116 Å². The van der Waals surface area contributed by atoms with Gasteiger partial charge in [0.1, 0.15) is 0 Å². The summed E-state index contributed by atoms with van der Waals surface area (Å²) in [5.74, 6) is 0.0172. The number of nitrogens with one attached hydrogen (secondary N) is 2. The molecule has 1 aliphatic heterocycles. The van der Waals surface area contributed by atoms with E-state index in [0.717, 1.165) is 35.1 Å². The minimum Gasteiger partial charge on any atom is -0.352 e. The molecule has 1 aromatic carbocycles. The van der Waals surface area contributed by atoms with Crippen molar-refractivity contribution in [3.63, 3.8) is 0 Å². The monoisotopic (exact) mass is 310 g/mol. The number of hydrogen-bond donors (Lipinski definition) is 2. The average molecular weight is 311 g/mol. The van der Waals surface area contributed by atoms with Gasteiger partial charge in [-0.3, -0.25) is 4.79 Å². The Morgan fingerprint density at radius 3 is 3.06 bits per heavy atom. The van der Waals surface area contributed by atoms with Gasteiger partial charge in [0.15, 0.2) is 0 Å². The zero-order valence-corrected chi connectivity index (χ0v) is 12.2. The molecule has 0 saturated carbocycles. The number of carbonyl (C=O) groups is 1. The topological polar surface area (TPSA) is 41.1 Å². The molecule has 3 nitrogen and oxygen atoms in total. The van der Waals surface area contributed by atoms with Crippen molar-refractivity contribution in [3.05, 3.63) is 33.8 Å². The SMILES string of the molecule is Cc1cc(C(=O)NCC[C@@H]2CCCN2)ccc1Br. The molecule has 1 amide bonds. The molecule has 0 aliphatic carbocycles. The smallest absolute Gasteiger partial charge is 0.251 e. The van der Waals surface area contributed by atoms with Crippen LogP contribution in [0.4, 0.5) is 0 Å². The summed E-state index contributed by atoms with van der Waals surface area (Å²) in [4.78, 5) is 11.9. The standard InChI is InChI=1S/C14H19BrN2O/c1-10-9-11(4-5-13(10)15)14(18)17-8-6-12-3-2-7-16-12/h4-5,9,12,16H,2-3,6-8H2,1H3,(H,17,18)/t12-/m0/s1. The van der Waals surface area contributed by atoms with E-state index in [1.807, 2.05) is 25.1 Å². The molecule has 1 heterocycles. The summed E-state index contributed by atoms with van der Waals surface area (Å²) in [5.41, 5.74) is 1.81. The van der Waals surface area contributed by atoms with Crippen molar-refractivity contribution in [2.75, 3.05) is 13.1 Å². The van der Waals surface area contributed by atoms with Crippen LogP contribution in [0.5, 0.6) is 0 Å².